The zero-order valence-electron chi connectivity index (χ0n) is 11.4. The Bertz CT molecular complexity index is 502. The number of nitrogens with one attached hydrogen (secondary N) is 1. The van der Waals surface area contributed by atoms with Gasteiger partial charge in [-0.15, -0.1) is 0 Å². The van der Waals surface area contributed by atoms with Gasteiger partial charge in [0.25, 0.3) is 0 Å². The van der Waals surface area contributed by atoms with Gasteiger partial charge in [-0.2, -0.15) is 0 Å². The molecule has 0 unspecified atom stereocenters. The highest BCUT2D eigenvalue weighted by atomic mass is 15.0. The van der Waals surface area contributed by atoms with Crippen molar-refractivity contribution in [3.05, 3.63) is 23.3 Å². The number of hydrogen-bond donors (Lipinski definition) is 1. The summed E-state index contributed by atoms with van der Waals surface area (Å²) in [7, 11) is 0. The van der Waals surface area contributed by atoms with Gasteiger partial charge in [0, 0.05) is 30.3 Å². The summed E-state index contributed by atoms with van der Waals surface area (Å²) >= 11 is 0. The minimum atomic E-state index is 0.354. The van der Waals surface area contributed by atoms with E-state index in [0.717, 1.165) is 30.8 Å². The molecule has 4 saturated carbocycles. The average Bonchev–Trinajstić information content (AvgIpc) is 2.84. The van der Waals surface area contributed by atoms with Crippen LogP contribution < -0.4 is 5.32 Å². The molecule has 1 aromatic heterocycles. The van der Waals surface area contributed by atoms with E-state index in [1.54, 1.807) is 0 Å². The molecule has 0 atom stereocenters. The fraction of sp³-hybridized carbons (Fsp3) is 0.750. The van der Waals surface area contributed by atoms with Crippen molar-refractivity contribution in [3.63, 3.8) is 0 Å². The Morgan fingerprint density at radius 1 is 1.00 bits per heavy atom. The van der Waals surface area contributed by atoms with Gasteiger partial charge in [-0.25, -0.2) is 9.97 Å². The normalized spacial score (nSPS) is 42.6. The van der Waals surface area contributed by atoms with Gasteiger partial charge in [-0.1, -0.05) is 0 Å². The van der Waals surface area contributed by atoms with Gasteiger partial charge in [-0.05, 0) is 56.3 Å². The fourth-order valence-electron chi connectivity index (χ4n) is 5.70. The maximum absolute atomic E-state index is 4.97. The zero-order valence-corrected chi connectivity index (χ0v) is 11.4. The van der Waals surface area contributed by atoms with Gasteiger partial charge in [0.1, 0.15) is 5.82 Å². The first-order valence-corrected chi connectivity index (χ1v) is 7.87. The van der Waals surface area contributed by atoms with E-state index in [1.807, 2.05) is 0 Å². The average molecular weight is 255 g/mol. The third-order valence-electron chi connectivity index (χ3n) is 6.07. The first-order valence-electron chi connectivity index (χ1n) is 7.87. The lowest BCUT2D eigenvalue weighted by Gasteiger charge is -2.56. The van der Waals surface area contributed by atoms with E-state index in [9.17, 15) is 0 Å². The highest BCUT2D eigenvalue weighted by Crippen LogP contribution is 2.60. The van der Waals surface area contributed by atoms with Gasteiger partial charge < -0.3 is 5.32 Å². The molecule has 100 valence electrons. The topological polar surface area (TPSA) is 37.8 Å². The van der Waals surface area contributed by atoms with Crippen molar-refractivity contribution in [2.75, 3.05) is 0 Å². The van der Waals surface area contributed by atoms with Crippen LogP contribution in [0.25, 0.3) is 0 Å². The van der Waals surface area contributed by atoms with Gasteiger partial charge in [0.15, 0.2) is 0 Å². The molecule has 5 aliphatic rings. The second-order valence-corrected chi connectivity index (χ2v) is 7.47. The van der Waals surface area contributed by atoms with E-state index in [1.165, 1.54) is 55.6 Å². The molecule has 6 rings (SSSR count). The predicted molar refractivity (Wildman–Crippen MR) is 72.4 cm³/mol. The molecule has 1 aliphatic heterocycles. The van der Waals surface area contributed by atoms with Crippen LogP contribution >= 0.6 is 0 Å². The Hall–Kier alpha value is -0.960. The molecule has 0 amide bonds. The SMILES string of the molecule is c1nc(C23CC4CC(CC(C4)C2)C3)nc2c1CNC2. The van der Waals surface area contributed by atoms with Crippen LogP contribution in [0.3, 0.4) is 0 Å². The van der Waals surface area contributed by atoms with Crippen LogP contribution in [-0.2, 0) is 18.5 Å². The maximum Gasteiger partial charge on any atom is 0.134 e. The Morgan fingerprint density at radius 3 is 2.37 bits per heavy atom. The highest BCUT2D eigenvalue weighted by molar-refractivity contribution is 5.25. The first kappa shape index (κ1) is 10.8. The van der Waals surface area contributed by atoms with Crippen molar-refractivity contribution >= 4 is 0 Å². The summed E-state index contributed by atoms with van der Waals surface area (Å²) in [5, 5.41) is 3.39. The van der Waals surface area contributed by atoms with Gasteiger partial charge in [-0.3, -0.25) is 0 Å². The molecule has 0 spiro atoms. The minimum absolute atomic E-state index is 0.354. The van der Waals surface area contributed by atoms with E-state index in [0.29, 0.717) is 5.41 Å². The third-order valence-corrected chi connectivity index (χ3v) is 6.07. The van der Waals surface area contributed by atoms with Crippen LogP contribution in [0, 0.1) is 17.8 Å². The molecule has 4 fully saturated rings. The lowest BCUT2D eigenvalue weighted by molar-refractivity contribution is -0.00949. The Morgan fingerprint density at radius 2 is 1.68 bits per heavy atom. The van der Waals surface area contributed by atoms with Crippen LogP contribution in [0.4, 0.5) is 0 Å². The lowest BCUT2D eigenvalue weighted by Crippen LogP contribution is -2.49. The molecule has 19 heavy (non-hydrogen) atoms. The second-order valence-electron chi connectivity index (χ2n) is 7.47. The van der Waals surface area contributed by atoms with Crippen LogP contribution in [0.1, 0.15) is 55.6 Å². The quantitative estimate of drug-likeness (QED) is 0.838. The van der Waals surface area contributed by atoms with E-state index >= 15 is 0 Å². The first-order chi connectivity index (χ1) is 9.31. The second kappa shape index (κ2) is 3.57. The Balaban J connectivity index is 1.58. The highest BCUT2D eigenvalue weighted by Gasteiger charge is 2.53. The minimum Gasteiger partial charge on any atom is -0.307 e. The van der Waals surface area contributed by atoms with E-state index in [4.69, 9.17) is 9.97 Å². The summed E-state index contributed by atoms with van der Waals surface area (Å²) in [6.07, 6.45) is 10.7. The predicted octanol–water partition coefficient (Wildman–Crippen LogP) is 2.55. The molecule has 1 aromatic rings. The van der Waals surface area contributed by atoms with Crippen molar-refractivity contribution in [1.29, 1.82) is 0 Å². The lowest BCUT2D eigenvalue weighted by atomic mass is 9.49. The van der Waals surface area contributed by atoms with Gasteiger partial charge >= 0.3 is 0 Å². The molecule has 4 bridgehead atoms. The van der Waals surface area contributed by atoms with E-state index in [2.05, 4.69) is 11.5 Å². The number of aromatic nitrogens is 2. The van der Waals surface area contributed by atoms with Crippen molar-refractivity contribution in [3.8, 4) is 0 Å². The Labute approximate surface area is 114 Å². The maximum atomic E-state index is 4.97. The summed E-state index contributed by atoms with van der Waals surface area (Å²) in [5.74, 6) is 4.11. The monoisotopic (exact) mass is 255 g/mol. The van der Waals surface area contributed by atoms with Gasteiger partial charge in [0.05, 0.1) is 5.69 Å². The molecule has 0 saturated heterocycles. The van der Waals surface area contributed by atoms with Crippen molar-refractivity contribution < 1.29 is 0 Å². The molecule has 2 heterocycles. The summed E-state index contributed by atoms with van der Waals surface area (Å²) in [5.41, 5.74) is 2.93. The number of rotatable bonds is 1. The summed E-state index contributed by atoms with van der Waals surface area (Å²) in [6, 6.07) is 0. The number of hydrogen-bond acceptors (Lipinski definition) is 3. The Kier molecular flexibility index (Phi) is 2.03. The van der Waals surface area contributed by atoms with Crippen LogP contribution in [0.2, 0.25) is 0 Å². The molecule has 4 aliphatic carbocycles. The van der Waals surface area contributed by atoms with Crippen molar-refractivity contribution in [2.24, 2.45) is 17.8 Å². The third kappa shape index (κ3) is 1.48. The van der Waals surface area contributed by atoms with Crippen molar-refractivity contribution in [2.45, 2.75) is 57.0 Å². The van der Waals surface area contributed by atoms with E-state index < -0.39 is 0 Å². The fourth-order valence-corrected chi connectivity index (χ4v) is 5.70. The van der Waals surface area contributed by atoms with Crippen LogP contribution in [0.5, 0.6) is 0 Å². The molecular weight excluding hydrogens is 234 g/mol. The molecule has 3 nitrogen and oxygen atoms in total. The zero-order chi connectivity index (χ0) is 12.4. The molecule has 0 aromatic carbocycles. The van der Waals surface area contributed by atoms with Crippen molar-refractivity contribution in [1.82, 2.24) is 15.3 Å². The largest absolute Gasteiger partial charge is 0.307 e. The number of nitrogens with zero attached hydrogens (tertiary/aromatic N) is 2. The number of fused-ring (bicyclic) bond motifs is 1. The molecular formula is C16H21N3. The standard InChI is InChI=1S/C16H21N3/c1-10-2-12-3-11(1)5-16(4-10,6-12)15-18-8-13-7-17-9-14(13)19-15/h8,10-12,17H,1-7,9H2. The summed E-state index contributed by atoms with van der Waals surface area (Å²) < 4.78 is 0. The molecule has 1 N–H and O–H groups in total. The van der Waals surface area contributed by atoms with Gasteiger partial charge in [0.2, 0.25) is 0 Å². The summed E-state index contributed by atoms with van der Waals surface area (Å²) in [6.45, 7) is 1.90. The van der Waals surface area contributed by atoms with E-state index in [-0.39, 0.29) is 0 Å². The smallest absolute Gasteiger partial charge is 0.134 e. The molecule has 3 heteroatoms. The molecule has 0 radical (unpaired) electrons. The summed E-state index contributed by atoms with van der Waals surface area (Å²) in [4.78, 5) is 9.76. The van der Waals surface area contributed by atoms with Crippen LogP contribution in [0.15, 0.2) is 6.20 Å². The van der Waals surface area contributed by atoms with Crippen LogP contribution in [-0.4, -0.2) is 9.97 Å².